The van der Waals surface area contributed by atoms with Crippen molar-refractivity contribution in [2.45, 2.75) is 24.3 Å². The van der Waals surface area contributed by atoms with E-state index >= 15 is 0 Å². The predicted octanol–water partition coefficient (Wildman–Crippen LogP) is 0.771. The number of nitrogens with two attached hydrogens (primary N) is 1. The van der Waals surface area contributed by atoms with Crippen LogP contribution < -0.4 is 10.5 Å². The summed E-state index contributed by atoms with van der Waals surface area (Å²) in [6.45, 7) is 2.36. The Labute approximate surface area is 120 Å². The molecule has 0 aliphatic rings. The van der Waals surface area contributed by atoms with Crippen molar-refractivity contribution in [3.8, 4) is 0 Å². The fourth-order valence-corrected chi connectivity index (χ4v) is 3.20. The van der Waals surface area contributed by atoms with Crippen molar-refractivity contribution < 1.29 is 17.9 Å². The maximum absolute atomic E-state index is 12.3. The molecule has 0 radical (unpaired) electrons. The van der Waals surface area contributed by atoms with Gasteiger partial charge in [0.05, 0.1) is 17.6 Å². The summed E-state index contributed by atoms with van der Waals surface area (Å²) < 4.78 is 37.3. The predicted molar refractivity (Wildman–Crippen MR) is 78.1 cm³/mol. The van der Waals surface area contributed by atoms with Crippen LogP contribution in [0.25, 0.3) is 0 Å². The summed E-state index contributed by atoms with van der Waals surface area (Å²) in [7, 11) is -0.569. The molecule has 0 spiro atoms. The van der Waals surface area contributed by atoms with Gasteiger partial charge in [0.1, 0.15) is 0 Å². The normalized spacial score (nSPS) is 13.3. The standard InChI is InChI=1S/C13H22N2O4S/c1-4-10-5-6-11(14)7-13(10)20(16,17)15-8-12(19-3)9-18-2/h5-7,12,15H,4,8-9,14H2,1-3H3. The molecule has 0 fully saturated rings. The lowest BCUT2D eigenvalue weighted by Crippen LogP contribution is -2.36. The molecule has 0 bridgehead atoms. The van der Waals surface area contributed by atoms with Gasteiger partial charge in [-0.1, -0.05) is 13.0 Å². The van der Waals surface area contributed by atoms with E-state index in [9.17, 15) is 8.42 Å². The maximum atomic E-state index is 12.3. The van der Waals surface area contributed by atoms with Gasteiger partial charge in [-0.25, -0.2) is 13.1 Å². The number of nitrogen functional groups attached to an aromatic ring is 1. The Bertz CT molecular complexity index is 531. The van der Waals surface area contributed by atoms with Gasteiger partial charge in [-0.05, 0) is 24.1 Å². The fourth-order valence-electron chi connectivity index (χ4n) is 1.79. The highest BCUT2D eigenvalue weighted by Crippen LogP contribution is 2.19. The highest BCUT2D eigenvalue weighted by Gasteiger charge is 2.20. The quantitative estimate of drug-likeness (QED) is 0.692. The minimum atomic E-state index is -3.61. The number of hydrogen-bond acceptors (Lipinski definition) is 5. The number of rotatable bonds is 8. The number of ether oxygens (including phenoxy) is 2. The molecule has 1 atom stereocenters. The molecule has 0 saturated heterocycles. The molecule has 0 aromatic heterocycles. The third-order valence-corrected chi connectivity index (χ3v) is 4.45. The van der Waals surface area contributed by atoms with E-state index in [4.69, 9.17) is 15.2 Å². The first-order valence-corrected chi connectivity index (χ1v) is 7.82. The van der Waals surface area contributed by atoms with E-state index in [1.807, 2.05) is 6.92 Å². The zero-order valence-corrected chi connectivity index (χ0v) is 12.9. The molecule has 0 saturated carbocycles. The molecular formula is C13H22N2O4S. The second kappa shape index (κ2) is 7.58. The first-order chi connectivity index (χ1) is 9.44. The number of methoxy groups -OCH3 is 2. The molecular weight excluding hydrogens is 280 g/mol. The second-order valence-electron chi connectivity index (χ2n) is 4.39. The fraction of sp³-hybridized carbons (Fsp3) is 0.538. The minimum absolute atomic E-state index is 0.143. The highest BCUT2D eigenvalue weighted by atomic mass is 32.2. The number of nitrogens with one attached hydrogen (secondary N) is 1. The summed E-state index contributed by atoms with van der Waals surface area (Å²) in [6.07, 6.45) is 0.281. The smallest absolute Gasteiger partial charge is 0.241 e. The Balaban J connectivity index is 2.91. The van der Waals surface area contributed by atoms with Crippen LogP contribution in [0.15, 0.2) is 23.1 Å². The lowest BCUT2D eigenvalue weighted by atomic mass is 10.1. The number of hydrogen-bond donors (Lipinski definition) is 2. The van der Waals surface area contributed by atoms with Crippen molar-refractivity contribution >= 4 is 15.7 Å². The van der Waals surface area contributed by atoms with Crippen LogP contribution in [0.2, 0.25) is 0 Å². The SMILES string of the molecule is CCc1ccc(N)cc1S(=O)(=O)NCC(COC)OC. The lowest BCUT2D eigenvalue weighted by Gasteiger charge is -2.16. The van der Waals surface area contributed by atoms with Crippen LogP contribution >= 0.6 is 0 Å². The van der Waals surface area contributed by atoms with Gasteiger partial charge < -0.3 is 15.2 Å². The molecule has 1 aromatic carbocycles. The Morgan fingerprint density at radius 1 is 1.35 bits per heavy atom. The molecule has 1 rings (SSSR count). The summed E-state index contributed by atoms with van der Waals surface area (Å²) in [5, 5.41) is 0. The number of anilines is 1. The molecule has 1 unspecified atom stereocenters. The summed E-state index contributed by atoms with van der Waals surface area (Å²) in [5.74, 6) is 0. The molecule has 20 heavy (non-hydrogen) atoms. The summed E-state index contributed by atoms with van der Waals surface area (Å²) in [4.78, 5) is 0.215. The average molecular weight is 302 g/mol. The van der Waals surface area contributed by atoms with Gasteiger partial charge in [0.15, 0.2) is 0 Å². The van der Waals surface area contributed by atoms with E-state index in [0.29, 0.717) is 18.7 Å². The van der Waals surface area contributed by atoms with E-state index in [1.54, 1.807) is 12.1 Å². The zero-order valence-electron chi connectivity index (χ0n) is 12.0. The lowest BCUT2D eigenvalue weighted by molar-refractivity contribution is 0.0320. The zero-order chi connectivity index (χ0) is 15.2. The van der Waals surface area contributed by atoms with Crippen molar-refractivity contribution in [2.24, 2.45) is 0 Å². The van der Waals surface area contributed by atoms with Crippen molar-refractivity contribution in [1.29, 1.82) is 0 Å². The van der Waals surface area contributed by atoms with Gasteiger partial charge in [0.2, 0.25) is 10.0 Å². The van der Waals surface area contributed by atoms with Crippen LogP contribution in [0, 0.1) is 0 Å². The summed E-state index contributed by atoms with van der Waals surface area (Å²) in [6, 6.07) is 4.90. The molecule has 7 heteroatoms. The Hall–Kier alpha value is -1.15. The molecule has 114 valence electrons. The molecule has 0 heterocycles. The average Bonchev–Trinajstić information content (AvgIpc) is 2.43. The van der Waals surface area contributed by atoms with Crippen LogP contribution in [-0.4, -0.2) is 41.9 Å². The van der Waals surface area contributed by atoms with E-state index in [-0.39, 0.29) is 17.5 Å². The molecule has 0 aliphatic heterocycles. The minimum Gasteiger partial charge on any atom is -0.399 e. The first-order valence-electron chi connectivity index (χ1n) is 6.34. The largest absolute Gasteiger partial charge is 0.399 e. The Morgan fingerprint density at radius 2 is 2.05 bits per heavy atom. The number of aryl methyl sites for hydroxylation is 1. The molecule has 0 amide bonds. The van der Waals surface area contributed by atoms with Crippen molar-refractivity contribution in [3.05, 3.63) is 23.8 Å². The first kappa shape index (κ1) is 16.9. The molecule has 3 N–H and O–H groups in total. The highest BCUT2D eigenvalue weighted by molar-refractivity contribution is 7.89. The maximum Gasteiger partial charge on any atom is 0.241 e. The summed E-state index contributed by atoms with van der Waals surface area (Å²) >= 11 is 0. The van der Waals surface area contributed by atoms with Gasteiger partial charge in [0.25, 0.3) is 0 Å². The third-order valence-electron chi connectivity index (χ3n) is 2.95. The van der Waals surface area contributed by atoms with Crippen molar-refractivity contribution in [1.82, 2.24) is 4.72 Å². The van der Waals surface area contributed by atoms with Crippen LogP contribution in [-0.2, 0) is 25.9 Å². The van der Waals surface area contributed by atoms with Gasteiger partial charge in [0, 0.05) is 26.5 Å². The van der Waals surface area contributed by atoms with Gasteiger partial charge >= 0.3 is 0 Å². The Morgan fingerprint density at radius 3 is 2.60 bits per heavy atom. The van der Waals surface area contributed by atoms with Crippen molar-refractivity contribution in [2.75, 3.05) is 33.1 Å². The number of benzene rings is 1. The van der Waals surface area contributed by atoms with Crippen LogP contribution in [0.5, 0.6) is 0 Å². The topological polar surface area (TPSA) is 90.7 Å². The van der Waals surface area contributed by atoms with E-state index < -0.39 is 10.0 Å². The van der Waals surface area contributed by atoms with E-state index in [2.05, 4.69) is 4.72 Å². The van der Waals surface area contributed by atoms with Gasteiger partial charge in [-0.15, -0.1) is 0 Å². The van der Waals surface area contributed by atoms with Gasteiger partial charge in [-0.3, -0.25) is 0 Å². The summed E-state index contributed by atoms with van der Waals surface area (Å²) in [5.41, 5.74) is 6.82. The number of sulfonamides is 1. The van der Waals surface area contributed by atoms with Gasteiger partial charge in [-0.2, -0.15) is 0 Å². The van der Waals surface area contributed by atoms with E-state index in [0.717, 1.165) is 5.56 Å². The molecule has 6 nitrogen and oxygen atoms in total. The monoisotopic (exact) mass is 302 g/mol. The van der Waals surface area contributed by atoms with E-state index in [1.165, 1.54) is 20.3 Å². The second-order valence-corrected chi connectivity index (χ2v) is 6.12. The van der Waals surface area contributed by atoms with Crippen LogP contribution in [0.4, 0.5) is 5.69 Å². The Kier molecular flexibility index (Phi) is 6.41. The van der Waals surface area contributed by atoms with Crippen LogP contribution in [0.3, 0.4) is 0 Å². The van der Waals surface area contributed by atoms with Crippen LogP contribution in [0.1, 0.15) is 12.5 Å². The molecule has 1 aromatic rings. The molecule has 0 aliphatic carbocycles. The van der Waals surface area contributed by atoms with Crippen molar-refractivity contribution in [3.63, 3.8) is 0 Å². The third kappa shape index (κ3) is 4.45.